The number of H-pyrrole nitrogens is 1. The summed E-state index contributed by atoms with van der Waals surface area (Å²) in [4.78, 5) is 3.77. The van der Waals surface area contributed by atoms with Gasteiger partial charge in [0.15, 0.2) is 10.6 Å². The molecule has 1 aromatic carbocycles. The summed E-state index contributed by atoms with van der Waals surface area (Å²) in [6, 6.07) is 7.41. The zero-order valence-electron chi connectivity index (χ0n) is 11.3. The van der Waals surface area contributed by atoms with E-state index < -0.39 is 11.7 Å². The predicted octanol–water partition coefficient (Wildman–Crippen LogP) is 4.66. The van der Waals surface area contributed by atoms with Crippen LogP contribution in [0.15, 0.2) is 42.7 Å². The van der Waals surface area contributed by atoms with E-state index in [9.17, 15) is 13.2 Å². The van der Waals surface area contributed by atoms with E-state index in [-0.39, 0.29) is 16.2 Å². The Morgan fingerprint density at radius 1 is 1.13 bits per heavy atom. The van der Waals surface area contributed by atoms with Gasteiger partial charge in [-0.2, -0.15) is 18.3 Å². The van der Waals surface area contributed by atoms with E-state index in [1.165, 1.54) is 4.57 Å². The molecule has 2 heterocycles. The summed E-state index contributed by atoms with van der Waals surface area (Å²) in [5.41, 5.74) is -0.459. The van der Waals surface area contributed by atoms with Gasteiger partial charge in [-0.05, 0) is 42.5 Å². The van der Waals surface area contributed by atoms with Crippen LogP contribution in [-0.4, -0.2) is 19.7 Å². The number of hydrogen-bond acceptors (Lipinski definition) is 3. The van der Waals surface area contributed by atoms with Crippen molar-refractivity contribution in [2.45, 2.75) is 6.18 Å². The molecular formula is C14H8ClF3N4S. The van der Waals surface area contributed by atoms with Gasteiger partial charge in [-0.1, -0.05) is 11.6 Å². The fraction of sp³-hybridized carbons (Fsp3) is 0.0714. The first-order chi connectivity index (χ1) is 10.9. The molecule has 0 saturated carbocycles. The lowest BCUT2D eigenvalue weighted by Gasteiger charge is -2.13. The van der Waals surface area contributed by atoms with Crippen LogP contribution in [0.5, 0.6) is 0 Å². The van der Waals surface area contributed by atoms with Crippen LogP contribution in [0.1, 0.15) is 5.56 Å². The van der Waals surface area contributed by atoms with Crippen LogP contribution in [0.3, 0.4) is 0 Å². The Balaban J connectivity index is 2.25. The van der Waals surface area contributed by atoms with Crippen LogP contribution >= 0.6 is 23.8 Å². The van der Waals surface area contributed by atoms with Crippen molar-refractivity contribution >= 4 is 23.8 Å². The molecule has 0 amide bonds. The maximum absolute atomic E-state index is 13.2. The van der Waals surface area contributed by atoms with Crippen molar-refractivity contribution in [2.24, 2.45) is 0 Å². The van der Waals surface area contributed by atoms with Crippen molar-refractivity contribution in [3.05, 3.63) is 58.1 Å². The van der Waals surface area contributed by atoms with Crippen LogP contribution in [0, 0.1) is 4.77 Å². The lowest BCUT2D eigenvalue weighted by molar-refractivity contribution is -0.137. The molecule has 3 rings (SSSR count). The van der Waals surface area contributed by atoms with E-state index in [4.69, 9.17) is 23.8 Å². The molecule has 0 saturated heterocycles. The minimum absolute atomic E-state index is 0.0257. The second-order valence-corrected chi connectivity index (χ2v) is 5.41. The molecule has 2 aromatic heterocycles. The molecule has 0 unspecified atom stereocenters. The van der Waals surface area contributed by atoms with E-state index >= 15 is 0 Å². The lowest BCUT2D eigenvalue weighted by atomic mass is 10.1. The molecule has 0 fully saturated rings. The average molecular weight is 357 g/mol. The molecule has 0 spiro atoms. The highest BCUT2D eigenvalue weighted by Crippen LogP contribution is 2.36. The fourth-order valence-electron chi connectivity index (χ4n) is 2.13. The zero-order chi connectivity index (χ0) is 16.6. The molecule has 0 bridgehead atoms. The number of halogens is 4. The SMILES string of the molecule is FC(F)(F)c1ccncc1-c1n[nH]c(=S)n1-c1ccc(Cl)cc1. The first kappa shape index (κ1) is 15.7. The quantitative estimate of drug-likeness (QED) is 0.679. The average Bonchev–Trinajstić information content (AvgIpc) is 2.89. The highest BCUT2D eigenvalue weighted by atomic mass is 35.5. The Kier molecular flexibility index (Phi) is 3.95. The molecule has 3 aromatic rings. The minimum Gasteiger partial charge on any atom is -0.268 e. The predicted molar refractivity (Wildman–Crippen MR) is 82.0 cm³/mol. The summed E-state index contributed by atoms with van der Waals surface area (Å²) in [5, 5.41) is 6.95. The Bertz CT molecular complexity index is 899. The smallest absolute Gasteiger partial charge is 0.268 e. The second kappa shape index (κ2) is 5.78. The third kappa shape index (κ3) is 2.99. The molecule has 1 N–H and O–H groups in total. The van der Waals surface area contributed by atoms with E-state index in [2.05, 4.69) is 15.2 Å². The molecule has 0 radical (unpaired) electrons. The van der Waals surface area contributed by atoms with Gasteiger partial charge in [0.1, 0.15) is 0 Å². The molecule has 0 atom stereocenters. The minimum atomic E-state index is -4.53. The van der Waals surface area contributed by atoms with Crippen LogP contribution in [0.2, 0.25) is 5.02 Å². The first-order valence-electron chi connectivity index (χ1n) is 6.33. The van der Waals surface area contributed by atoms with Gasteiger partial charge in [0.25, 0.3) is 0 Å². The summed E-state index contributed by atoms with van der Waals surface area (Å²) in [6.07, 6.45) is -2.34. The van der Waals surface area contributed by atoms with Gasteiger partial charge in [0, 0.05) is 17.4 Å². The van der Waals surface area contributed by atoms with Gasteiger partial charge in [-0.15, -0.1) is 0 Å². The largest absolute Gasteiger partial charge is 0.417 e. The third-order valence-corrected chi connectivity index (χ3v) is 3.65. The summed E-state index contributed by atoms with van der Waals surface area (Å²) in [6.45, 7) is 0. The highest BCUT2D eigenvalue weighted by molar-refractivity contribution is 7.71. The summed E-state index contributed by atoms with van der Waals surface area (Å²) >= 11 is 11.0. The van der Waals surface area contributed by atoms with E-state index in [0.717, 1.165) is 18.5 Å². The summed E-state index contributed by atoms with van der Waals surface area (Å²) < 4.78 is 41.2. The maximum Gasteiger partial charge on any atom is 0.417 e. The Morgan fingerprint density at radius 2 is 1.83 bits per heavy atom. The first-order valence-corrected chi connectivity index (χ1v) is 7.11. The molecule has 23 heavy (non-hydrogen) atoms. The Morgan fingerprint density at radius 3 is 2.48 bits per heavy atom. The van der Waals surface area contributed by atoms with Crippen molar-refractivity contribution < 1.29 is 13.2 Å². The monoisotopic (exact) mass is 356 g/mol. The van der Waals surface area contributed by atoms with Crippen LogP contribution in [-0.2, 0) is 6.18 Å². The standard InChI is InChI=1S/C14H8ClF3N4S/c15-8-1-3-9(4-2-8)22-12(20-21-13(22)23)10-7-19-6-5-11(10)14(16,17)18/h1-7H,(H,21,23). The molecular weight excluding hydrogens is 349 g/mol. The van der Waals surface area contributed by atoms with E-state index in [1.807, 2.05) is 0 Å². The summed E-state index contributed by atoms with van der Waals surface area (Å²) in [5.74, 6) is 0.0257. The normalized spacial score (nSPS) is 11.7. The van der Waals surface area contributed by atoms with E-state index in [0.29, 0.717) is 10.7 Å². The zero-order valence-corrected chi connectivity index (χ0v) is 12.9. The van der Waals surface area contributed by atoms with Crippen molar-refractivity contribution in [1.82, 2.24) is 19.7 Å². The molecule has 9 heteroatoms. The van der Waals surface area contributed by atoms with Crippen molar-refractivity contribution in [3.8, 4) is 17.1 Å². The molecule has 0 aliphatic carbocycles. The molecule has 118 valence electrons. The fourth-order valence-corrected chi connectivity index (χ4v) is 2.49. The van der Waals surface area contributed by atoms with Crippen LogP contribution in [0.25, 0.3) is 17.1 Å². The number of aromatic amines is 1. The number of rotatable bonds is 2. The number of alkyl halides is 3. The highest BCUT2D eigenvalue weighted by Gasteiger charge is 2.35. The second-order valence-electron chi connectivity index (χ2n) is 4.58. The number of nitrogens with zero attached hydrogens (tertiary/aromatic N) is 3. The van der Waals surface area contributed by atoms with Gasteiger partial charge in [-0.25, -0.2) is 0 Å². The van der Waals surface area contributed by atoms with Crippen molar-refractivity contribution in [2.75, 3.05) is 0 Å². The van der Waals surface area contributed by atoms with Gasteiger partial charge in [-0.3, -0.25) is 14.6 Å². The van der Waals surface area contributed by atoms with Crippen LogP contribution in [0.4, 0.5) is 13.2 Å². The number of pyridine rings is 1. The Hall–Kier alpha value is -2.19. The number of benzene rings is 1. The Labute approximate surface area is 138 Å². The van der Waals surface area contributed by atoms with Gasteiger partial charge < -0.3 is 0 Å². The lowest BCUT2D eigenvalue weighted by Crippen LogP contribution is -2.09. The van der Waals surface area contributed by atoms with Crippen molar-refractivity contribution in [3.63, 3.8) is 0 Å². The molecule has 4 nitrogen and oxygen atoms in total. The molecule has 0 aliphatic rings. The van der Waals surface area contributed by atoms with E-state index in [1.54, 1.807) is 24.3 Å². The topological polar surface area (TPSA) is 46.5 Å². The van der Waals surface area contributed by atoms with Gasteiger partial charge in [0.2, 0.25) is 0 Å². The number of aromatic nitrogens is 4. The van der Waals surface area contributed by atoms with Gasteiger partial charge in [0.05, 0.1) is 16.8 Å². The third-order valence-electron chi connectivity index (χ3n) is 3.12. The summed E-state index contributed by atoms with van der Waals surface area (Å²) in [7, 11) is 0. The van der Waals surface area contributed by atoms with Gasteiger partial charge >= 0.3 is 6.18 Å². The number of nitrogens with one attached hydrogen (secondary N) is 1. The van der Waals surface area contributed by atoms with Crippen LogP contribution < -0.4 is 0 Å². The number of hydrogen-bond donors (Lipinski definition) is 1. The maximum atomic E-state index is 13.2. The van der Waals surface area contributed by atoms with Crippen molar-refractivity contribution in [1.29, 1.82) is 0 Å². The molecule has 0 aliphatic heterocycles.